The summed E-state index contributed by atoms with van der Waals surface area (Å²) >= 11 is 5.12. The number of Topliss-reactive ketones (excluding diaryl/α,β-unsaturated/α-hetero) is 1. The zero-order valence-corrected chi connectivity index (χ0v) is 16.1. The number of rotatable bonds is 4. The van der Waals surface area contributed by atoms with Crippen molar-refractivity contribution in [1.29, 1.82) is 0 Å². The van der Waals surface area contributed by atoms with Crippen LogP contribution in [0.25, 0.3) is 0 Å². The number of nitrogens with zero attached hydrogens (tertiary/aromatic N) is 2. The summed E-state index contributed by atoms with van der Waals surface area (Å²) in [5.41, 5.74) is 2.92. The van der Waals surface area contributed by atoms with Crippen molar-refractivity contribution in [1.82, 2.24) is 0 Å². The van der Waals surface area contributed by atoms with E-state index in [9.17, 15) is 4.79 Å². The second-order valence-corrected chi connectivity index (χ2v) is 7.83. The largest absolute Gasteiger partial charge is 0.313 e. The molecule has 0 aromatic heterocycles. The zero-order chi connectivity index (χ0) is 17.1. The van der Waals surface area contributed by atoms with Gasteiger partial charge in [0.05, 0.1) is 12.6 Å². The van der Waals surface area contributed by atoms with Gasteiger partial charge in [0.25, 0.3) is 0 Å². The third kappa shape index (κ3) is 4.08. The Morgan fingerprint density at radius 2 is 1.88 bits per heavy atom. The first-order valence-corrected chi connectivity index (χ1v) is 9.64. The van der Waals surface area contributed by atoms with Crippen LogP contribution in [-0.2, 0) is 0 Å². The van der Waals surface area contributed by atoms with Crippen molar-refractivity contribution in [3.8, 4) is 0 Å². The first-order chi connectivity index (χ1) is 11.5. The number of aliphatic imine (C=N–C) groups is 1. The molecule has 2 aromatic carbocycles. The minimum absolute atomic E-state index is 0.0888. The van der Waals surface area contributed by atoms with Gasteiger partial charge >= 0.3 is 0 Å². The maximum atomic E-state index is 12.7. The molecule has 1 atom stereocenters. The lowest BCUT2D eigenvalue weighted by Gasteiger charge is -2.23. The highest BCUT2D eigenvalue weighted by Crippen LogP contribution is 2.26. The second kappa shape index (κ2) is 7.53. The van der Waals surface area contributed by atoms with E-state index >= 15 is 0 Å². The quantitative estimate of drug-likeness (QED) is 0.678. The highest BCUT2D eigenvalue weighted by Gasteiger charge is 2.23. The van der Waals surface area contributed by atoms with Crippen LogP contribution in [0.3, 0.4) is 0 Å². The Hall–Kier alpha value is -1.59. The number of benzene rings is 2. The van der Waals surface area contributed by atoms with Crippen molar-refractivity contribution in [2.24, 2.45) is 4.99 Å². The van der Waals surface area contributed by atoms with Gasteiger partial charge in [-0.3, -0.25) is 9.79 Å². The van der Waals surface area contributed by atoms with Gasteiger partial charge in [0.1, 0.15) is 0 Å². The zero-order valence-electron chi connectivity index (χ0n) is 13.7. The minimum atomic E-state index is 0.0888. The molecule has 0 fully saturated rings. The Morgan fingerprint density at radius 3 is 2.46 bits per heavy atom. The predicted molar refractivity (Wildman–Crippen MR) is 106 cm³/mol. The number of amidine groups is 1. The molecule has 1 aliphatic rings. The van der Waals surface area contributed by atoms with Crippen molar-refractivity contribution in [3.05, 3.63) is 64.1 Å². The van der Waals surface area contributed by atoms with Gasteiger partial charge in [-0.25, -0.2) is 0 Å². The fourth-order valence-corrected chi connectivity index (χ4v) is 3.78. The molecule has 0 aliphatic carbocycles. The highest BCUT2D eigenvalue weighted by atomic mass is 79.9. The number of carbonyl (C=O) groups excluding carboxylic acids is 1. The summed E-state index contributed by atoms with van der Waals surface area (Å²) in [5, 5.41) is 0.928. The fraction of sp³-hybridized carbons (Fsp3) is 0.263. The molecule has 0 amide bonds. The van der Waals surface area contributed by atoms with Gasteiger partial charge < -0.3 is 4.90 Å². The van der Waals surface area contributed by atoms with Gasteiger partial charge in [0, 0.05) is 21.5 Å². The summed E-state index contributed by atoms with van der Waals surface area (Å²) < 4.78 is 0.971. The number of carbonyl (C=O) groups is 1. The Labute approximate surface area is 155 Å². The van der Waals surface area contributed by atoms with E-state index in [0.29, 0.717) is 18.2 Å². The monoisotopic (exact) mass is 402 g/mol. The summed E-state index contributed by atoms with van der Waals surface area (Å²) in [6.45, 7) is 4.46. The summed E-state index contributed by atoms with van der Waals surface area (Å²) in [7, 11) is 0. The lowest BCUT2D eigenvalue weighted by Crippen LogP contribution is -2.33. The van der Waals surface area contributed by atoms with Gasteiger partial charge in [-0.2, -0.15) is 0 Å². The van der Waals surface area contributed by atoms with Crippen LogP contribution in [0.1, 0.15) is 22.8 Å². The molecule has 1 heterocycles. The summed E-state index contributed by atoms with van der Waals surface area (Å²) in [6.07, 6.45) is 0. The second-order valence-electron chi connectivity index (χ2n) is 5.92. The van der Waals surface area contributed by atoms with Crippen molar-refractivity contribution >= 4 is 44.3 Å². The molecule has 0 N–H and O–H groups in total. The van der Waals surface area contributed by atoms with Crippen LogP contribution in [0.4, 0.5) is 5.69 Å². The Bertz CT molecular complexity index is 756. The van der Waals surface area contributed by atoms with E-state index in [1.165, 1.54) is 5.56 Å². The van der Waals surface area contributed by atoms with E-state index < -0.39 is 0 Å². The summed E-state index contributed by atoms with van der Waals surface area (Å²) in [6, 6.07) is 16.0. The number of ketones is 1. The molecule has 24 heavy (non-hydrogen) atoms. The highest BCUT2D eigenvalue weighted by molar-refractivity contribution is 9.10. The van der Waals surface area contributed by atoms with Crippen molar-refractivity contribution in [2.45, 2.75) is 19.9 Å². The topological polar surface area (TPSA) is 32.7 Å². The van der Waals surface area contributed by atoms with Gasteiger partial charge in [0.15, 0.2) is 11.0 Å². The number of hydrogen-bond acceptors (Lipinski definition) is 4. The Morgan fingerprint density at radius 1 is 1.21 bits per heavy atom. The smallest absolute Gasteiger partial charge is 0.182 e. The van der Waals surface area contributed by atoms with E-state index in [2.05, 4.69) is 54.0 Å². The van der Waals surface area contributed by atoms with Gasteiger partial charge in [-0.15, -0.1) is 0 Å². The van der Waals surface area contributed by atoms with Crippen LogP contribution >= 0.6 is 27.7 Å². The summed E-state index contributed by atoms with van der Waals surface area (Å²) in [4.78, 5) is 19.4. The minimum Gasteiger partial charge on any atom is -0.313 e. The number of thioether (sulfide) groups is 1. The molecule has 0 bridgehead atoms. The van der Waals surface area contributed by atoms with Gasteiger partial charge in [-0.05, 0) is 38.1 Å². The number of halogens is 1. The molecule has 5 heteroatoms. The molecular formula is C19H19BrN2OS. The summed E-state index contributed by atoms with van der Waals surface area (Å²) in [5.74, 6) is 1.05. The van der Waals surface area contributed by atoms with Crippen molar-refractivity contribution in [3.63, 3.8) is 0 Å². The van der Waals surface area contributed by atoms with Crippen LogP contribution in [0.5, 0.6) is 0 Å². The Kier molecular flexibility index (Phi) is 5.41. The fourth-order valence-electron chi connectivity index (χ4n) is 2.47. The van der Waals surface area contributed by atoms with E-state index in [4.69, 9.17) is 4.99 Å². The standard InChI is InChI=1S/C19H19BrN2OS/c1-13-3-9-17(10-4-13)22(19-21-14(2)12-24-19)11-18(23)15-5-7-16(20)8-6-15/h3-10,14H,11-12H2,1-2H3. The van der Waals surface area contributed by atoms with Crippen LogP contribution in [0, 0.1) is 6.92 Å². The average molecular weight is 403 g/mol. The van der Waals surface area contributed by atoms with Crippen molar-refractivity contribution < 1.29 is 4.79 Å². The molecule has 0 saturated carbocycles. The third-order valence-corrected chi connectivity index (χ3v) is 5.59. The molecule has 1 unspecified atom stereocenters. The maximum Gasteiger partial charge on any atom is 0.182 e. The SMILES string of the molecule is Cc1ccc(N(CC(=O)c2ccc(Br)cc2)C2=NC(C)CS2)cc1. The predicted octanol–water partition coefficient (Wildman–Crippen LogP) is 4.94. The molecule has 3 rings (SSSR count). The van der Waals surface area contributed by atoms with E-state index in [-0.39, 0.29) is 5.78 Å². The molecular weight excluding hydrogens is 384 g/mol. The third-order valence-electron chi connectivity index (χ3n) is 3.83. The van der Waals surface area contributed by atoms with E-state index in [0.717, 1.165) is 21.1 Å². The maximum absolute atomic E-state index is 12.7. The first-order valence-electron chi connectivity index (χ1n) is 7.86. The number of aryl methyl sites for hydroxylation is 1. The molecule has 0 radical (unpaired) electrons. The van der Waals surface area contributed by atoms with Gasteiger partial charge in [0.2, 0.25) is 0 Å². The lowest BCUT2D eigenvalue weighted by atomic mass is 10.1. The van der Waals surface area contributed by atoms with Crippen LogP contribution < -0.4 is 4.90 Å². The van der Waals surface area contributed by atoms with Crippen LogP contribution in [-0.4, -0.2) is 29.3 Å². The van der Waals surface area contributed by atoms with E-state index in [1.54, 1.807) is 11.8 Å². The molecule has 0 spiro atoms. The first kappa shape index (κ1) is 17.2. The normalized spacial score (nSPS) is 16.8. The number of anilines is 1. The Balaban J connectivity index is 1.87. The number of hydrogen-bond donors (Lipinski definition) is 0. The van der Waals surface area contributed by atoms with Crippen molar-refractivity contribution in [2.75, 3.05) is 17.2 Å². The van der Waals surface area contributed by atoms with E-state index in [1.807, 2.05) is 29.2 Å². The molecule has 3 nitrogen and oxygen atoms in total. The molecule has 1 aliphatic heterocycles. The molecule has 0 saturated heterocycles. The molecule has 2 aromatic rings. The van der Waals surface area contributed by atoms with Crippen LogP contribution in [0.15, 0.2) is 58.0 Å². The molecule has 124 valence electrons. The van der Waals surface area contributed by atoms with Gasteiger partial charge in [-0.1, -0.05) is 57.5 Å². The lowest BCUT2D eigenvalue weighted by molar-refractivity contribution is 0.100. The average Bonchev–Trinajstić information content (AvgIpc) is 3.00. The van der Waals surface area contributed by atoms with Crippen LogP contribution in [0.2, 0.25) is 0 Å².